The first-order valence-electron chi connectivity index (χ1n) is 8.21. The van der Waals surface area contributed by atoms with Crippen LogP contribution in [-0.4, -0.2) is 30.5 Å². The van der Waals surface area contributed by atoms with Crippen molar-refractivity contribution in [2.75, 3.05) is 13.7 Å². The van der Waals surface area contributed by atoms with E-state index in [4.69, 9.17) is 4.74 Å². The number of carbonyl (C=O) groups is 1. The third kappa shape index (κ3) is 3.22. The van der Waals surface area contributed by atoms with E-state index in [1.165, 1.54) is 37.7 Å². The van der Waals surface area contributed by atoms with Crippen LogP contribution in [0.5, 0.6) is 5.75 Å². The molecule has 1 unspecified atom stereocenters. The fraction of sp³-hybridized carbons (Fsp3) is 0.611. The number of carbonyl (C=O) groups excluding carboxylic acids is 1. The Morgan fingerprint density at radius 3 is 2.48 bits per heavy atom. The van der Waals surface area contributed by atoms with Crippen molar-refractivity contribution in [1.82, 2.24) is 4.90 Å². The fourth-order valence-corrected chi connectivity index (χ4v) is 3.75. The van der Waals surface area contributed by atoms with Gasteiger partial charge in [-0.1, -0.05) is 31.4 Å². The number of methoxy groups -OCH3 is 1. The van der Waals surface area contributed by atoms with Crippen LogP contribution in [0.2, 0.25) is 0 Å². The first-order chi connectivity index (χ1) is 10.3. The van der Waals surface area contributed by atoms with E-state index in [0.29, 0.717) is 11.9 Å². The number of hydrogen-bond donors (Lipinski definition) is 0. The molecule has 0 aromatic heterocycles. The zero-order valence-electron chi connectivity index (χ0n) is 12.9. The summed E-state index contributed by atoms with van der Waals surface area (Å²) in [5.74, 6) is 1.44. The van der Waals surface area contributed by atoms with E-state index in [1.807, 2.05) is 12.1 Å². The van der Waals surface area contributed by atoms with Crippen LogP contribution < -0.4 is 4.74 Å². The van der Waals surface area contributed by atoms with E-state index in [2.05, 4.69) is 17.0 Å². The highest BCUT2D eigenvalue weighted by atomic mass is 16.5. The van der Waals surface area contributed by atoms with Crippen molar-refractivity contribution in [3.63, 3.8) is 0 Å². The van der Waals surface area contributed by atoms with Gasteiger partial charge in [-0.25, -0.2) is 0 Å². The molecule has 1 aliphatic carbocycles. The lowest BCUT2D eigenvalue weighted by atomic mass is 9.94. The number of benzene rings is 1. The van der Waals surface area contributed by atoms with Crippen LogP contribution in [-0.2, 0) is 11.2 Å². The molecule has 3 rings (SSSR count). The molecule has 2 fully saturated rings. The second-order valence-electron chi connectivity index (χ2n) is 6.36. The first-order valence-corrected chi connectivity index (χ1v) is 8.21. The molecule has 1 aromatic rings. The van der Waals surface area contributed by atoms with Crippen LogP contribution >= 0.6 is 0 Å². The molecule has 3 nitrogen and oxygen atoms in total. The third-order valence-electron chi connectivity index (χ3n) is 5.01. The molecule has 1 aromatic carbocycles. The minimum atomic E-state index is 0.181. The van der Waals surface area contributed by atoms with Crippen LogP contribution in [0.25, 0.3) is 0 Å². The van der Waals surface area contributed by atoms with Gasteiger partial charge in [0.15, 0.2) is 0 Å². The number of rotatable bonds is 4. The van der Waals surface area contributed by atoms with Crippen LogP contribution in [0.1, 0.15) is 44.1 Å². The molecule has 21 heavy (non-hydrogen) atoms. The van der Waals surface area contributed by atoms with Crippen LogP contribution in [0, 0.1) is 5.92 Å². The minimum absolute atomic E-state index is 0.181. The molecule has 114 valence electrons. The van der Waals surface area contributed by atoms with Gasteiger partial charge in [0, 0.05) is 18.5 Å². The Kier molecular flexibility index (Phi) is 4.47. The van der Waals surface area contributed by atoms with Gasteiger partial charge in [-0.2, -0.15) is 0 Å². The zero-order valence-corrected chi connectivity index (χ0v) is 12.9. The van der Waals surface area contributed by atoms with E-state index in [-0.39, 0.29) is 5.92 Å². The van der Waals surface area contributed by atoms with Gasteiger partial charge in [-0.15, -0.1) is 0 Å². The highest BCUT2D eigenvalue weighted by Gasteiger charge is 2.35. The fourth-order valence-electron chi connectivity index (χ4n) is 3.75. The molecule has 1 heterocycles. The van der Waals surface area contributed by atoms with Gasteiger partial charge >= 0.3 is 0 Å². The molecule has 1 atom stereocenters. The predicted octanol–water partition coefficient (Wildman–Crippen LogP) is 3.42. The van der Waals surface area contributed by atoms with Crippen molar-refractivity contribution in [2.45, 2.75) is 51.0 Å². The molecule has 1 saturated heterocycles. The topological polar surface area (TPSA) is 29.5 Å². The largest absolute Gasteiger partial charge is 0.497 e. The van der Waals surface area contributed by atoms with Crippen molar-refractivity contribution in [2.24, 2.45) is 5.92 Å². The second-order valence-corrected chi connectivity index (χ2v) is 6.36. The van der Waals surface area contributed by atoms with Crippen LogP contribution in [0.15, 0.2) is 24.3 Å². The van der Waals surface area contributed by atoms with Crippen LogP contribution in [0.3, 0.4) is 0 Å². The SMILES string of the molecule is COc1ccc(CC2CCN(C3CCCCC3)C2=O)cc1. The predicted molar refractivity (Wildman–Crippen MR) is 83.4 cm³/mol. The zero-order chi connectivity index (χ0) is 14.7. The number of ether oxygens (including phenoxy) is 1. The molecule has 1 amide bonds. The Morgan fingerprint density at radius 1 is 1.10 bits per heavy atom. The summed E-state index contributed by atoms with van der Waals surface area (Å²) in [4.78, 5) is 14.8. The van der Waals surface area contributed by atoms with E-state index >= 15 is 0 Å². The molecule has 2 aliphatic rings. The lowest BCUT2D eigenvalue weighted by Gasteiger charge is -2.31. The number of amides is 1. The van der Waals surface area contributed by atoms with Gasteiger partial charge in [0.2, 0.25) is 5.91 Å². The third-order valence-corrected chi connectivity index (χ3v) is 5.01. The summed E-state index contributed by atoms with van der Waals surface area (Å²) in [7, 11) is 1.68. The molecule has 0 spiro atoms. The van der Waals surface area contributed by atoms with Crippen molar-refractivity contribution < 1.29 is 9.53 Å². The molecule has 0 bridgehead atoms. The number of nitrogens with zero attached hydrogens (tertiary/aromatic N) is 1. The molecule has 3 heteroatoms. The minimum Gasteiger partial charge on any atom is -0.497 e. The van der Waals surface area contributed by atoms with Gasteiger partial charge in [0.1, 0.15) is 5.75 Å². The first kappa shape index (κ1) is 14.4. The highest BCUT2D eigenvalue weighted by molar-refractivity contribution is 5.81. The summed E-state index contributed by atoms with van der Waals surface area (Å²) in [6, 6.07) is 8.64. The summed E-state index contributed by atoms with van der Waals surface area (Å²) >= 11 is 0. The van der Waals surface area contributed by atoms with Gasteiger partial charge in [0.05, 0.1) is 7.11 Å². The lowest BCUT2D eigenvalue weighted by molar-refractivity contribution is -0.133. The number of hydrogen-bond acceptors (Lipinski definition) is 2. The molecule has 1 saturated carbocycles. The Bertz CT molecular complexity index is 476. The van der Waals surface area contributed by atoms with Gasteiger partial charge < -0.3 is 9.64 Å². The molecule has 0 radical (unpaired) electrons. The summed E-state index contributed by atoms with van der Waals surface area (Å²) in [5, 5.41) is 0. The maximum absolute atomic E-state index is 12.6. The Labute approximate surface area is 127 Å². The quantitative estimate of drug-likeness (QED) is 0.849. The summed E-state index contributed by atoms with van der Waals surface area (Å²) in [5.41, 5.74) is 1.24. The van der Waals surface area contributed by atoms with E-state index < -0.39 is 0 Å². The standard InChI is InChI=1S/C18H25NO2/c1-21-17-9-7-14(8-10-17)13-15-11-12-19(18(15)20)16-5-3-2-4-6-16/h7-10,15-16H,2-6,11-13H2,1H3. The van der Waals surface area contributed by atoms with Crippen LogP contribution in [0.4, 0.5) is 0 Å². The summed E-state index contributed by atoms with van der Waals surface area (Å²) in [6.45, 7) is 0.963. The Balaban J connectivity index is 1.60. The Hall–Kier alpha value is -1.51. The maximum Gasteiger partial charge on any atom is 0.226 e. The van der Waals surface area contributed by atoms with Gasteiger partial charge in [-0.3, -0.25) is 4.79 Å². The molecule has 1 aliphatic heterocycles. The highest BCUT2D eigenvalue weighted by Crippen LogP contribution is 2.30. The molecular weight excluding hydrogens is 262 g/mol. The van der Waals surface area contributed by atoms with Gasteiger partial charge in [-0.05, 0) is 43.4 Å². The molecule has 0 N–H and O–H groups in total. The second kappa shape index (κ2) is 6.50. The summed E-state index contributed by atoms with van der Waals surface area (Å²) in [6.07, 6.45) is 8.22. The Morgan fingerprint density at radius 2 is 1.81 bits per heavy atom. The lowest BCUT2D eigenvalue weighted by Crippen LogP contribution is -2.39. The average Bonchev–Trinajstić information content (AvgIpc) is 2.90. The van der Waals surface area contributed by atoms with E-state index in [9.17, 15) is 4.79 Å². The van der Waals surface area contributed by atoms with Crippen molar-refractivity contribution in [1.29, 1.82) is 0 Å². The van der Waals surface area contributed by atoms with E-state index in [1.54, 1.807) is 7.11 Å². The summed E-state index contributed by atoms with van der Waals surface area (Å²) < 4.78 is 5.18. The smallest absolute Gasteiger partial charge is 0.226 e. The monoisotopic (exact) mass is 287 g/mol. The number of likely N-dealkylation sites (tertiary alicyclic amines) is 1. The van der Waals surface area contributed by atoms with Gasteiger partial charge in [0.25, 0.3) is 0 Å². The van der Waals surface area contributed by atoms with Crippen molar-refractivity contribution in [3.05, 3.63) is 29.8 Å². The van der Waals surface area contributed by atoms with Crippen molar-refractivity contribution in [3.8, 4) is 5.75 Å². The van der Waals surface area contributed by atoms with Crippen molar-refractivity contribution >= 4 is 5.91 Å². The maximum atomic E-state index is 12.6. The molecular formula is C18H25NO2. The van der Waals surface area contributed by atoms with E-state index in [0.717, 1.165) is 25.1 Å². The normalized spacial score (nSPS) is 23.6. The average molecular weight is 287 g/mol.